The molecule has 7 aromatic carbocycles. The molecule has 49 heavy (non-hydrogen) atoms. The number of aromatic nitrogens is 3. The van der Waals surface area contributed by atoms with Crippen molar-refractivity contribution in [3.8, 4) is 28.3 Å². The molecule has 1 aliphatic rings. The van der Waals surface area contributed by atoms with Gasteiger partial charge in [-0.25, -0.2) is 9.97 Å². The molecular formula is C45H29N3O. The Morgan fingerprint density at radius 3 is 2.12 bits per heavy atom. The van der Waals surface area contributed by atoms with Crippen LogP contribution in [0.15, 0.2) is 144 Å². The zero-order chi connectivity index (χ0) is 32.4. The van der Waals surface area contributed by atoms with Gasteiger partial charge < -0.3 is 4.42 Å². The lowest BCUT2D eigenvalue weighted by atomic mass is 9.81. The van der Waals surface area contributed by atoms with Gasteiger partial charge in [-0.1, -0.05) is 129 Å². The van der Waals surface area contributed by atoms with Crippen LogP contribution in [0.5, 0.6) is 0 Å². The molecule has 11 rings (SSSR count). The Bertz CT molecular complexity index is 3030. The van der Waals surface area contributed by atoms with Crippen molar-refractivity contribution in [3.05, 3.63) is 151 Å². The minimum absolute atomic E-state index is 0.234. The first-order valence-corrected chi connectivity index (χ1v) is 16.8. The first kappa shape index (κ1) is 26.8. The van der Waals surface area contributed by atoms with Gasteiger partial charge in [0.05, 0.1) is 11.0 Å². The molecule has 10 aromatic rings. The van der Waals surface area contributed by atoms with Gasteiger partial charge in [0.1, 0.15) is 16.8 Å². The van der Waals surface area contributed by atoms with Crippen LogP contribution in [-0.2, 0) is 5.41 Å². The number of furan rings is 1. The van der Waals surface area contributed by atoms with Crippen molar-refractivity contribution in [2.24, 2.45) is 0 Å². The molecule has 4 nitrogen and oxygen atoms in total. The lowest BCUT2D eigenvalue weighted by Gasteiger charge is -2.23. The molecule has 0 radical (unpaired) electrons. The lowest BCUT2D eigenvalue weighted by Crippen LogP contribution is -2.17. The number of rotatable bonds is 2. The van der Waals surface area contributed by atoms with Gasteiger partial charge in [-0.05, 0) is 68.1 Å². The fourth-order valence-corrected chi connectivity index (χ4v) is 8.55. The Labute approximate surface area is 281 Å². The van der Waals surface area contributed by atoms with E-state index in [1.54, 1.807) is 0 Å². The monoisotopic (exact) mass is 627 g/mol. The molecule has 0 saturated heterocycles. The highest BCUT2D eigenvalue weighted by atomic mass is 16.3. The van der Waals surface area contributed by atoms with Crippen molar-refractivity contribution in [1.29, 1.82) is 0 Å². The minimum atomic E-state index is -0.234. The molecule has 0 fully saturated rings. The van der Waals surface area contributed by atoms with E-state index in [-0.39, 0.29) is 5.41 Å². The number of benzene rings is 7. The summed E-state index contributed by atoms with van der Waals surface area (Å²) in [6, 6.07) is 49.8. The Morgan fingerprint density at radius 1 is 0.551 bits per heavy atom. The predicted octanol–water partition coefficient (Wildman–Crippen LogP) is 11.8. The number of hydrogen-bond donors (Lipinski definition) is 0. The van der Waals surface area contributed by atoms with E-state index in [0.29, 0.717) is 11.5 Å². The van der Waals surface area contributed by atoms with E-state index < -0.39 is 0 Å². The summed E-state index contributed by atoms with van der Waals surface area (Å²) in [5, 5.41) is 8.05. The predicted molar refractivity (Wildman–Crippen MR) is 202 cm³/mol. The van der Waals surface area contributed by atoms with Gasteiger partial charge in [0.25, 0.3) is 0 Å². The largest absolute Gasteiger partial charge is 0.452 e. The first-order valence-electron chi connectivity index (χ1n) is 16.8. The van der Waals surface area contributed by atoms with Gasteiger partial charge in [0.2, 0.25) is 5.95 Å². The topological polar surface area (TPSA) is 43.9 Å². The zero-order valence-electron chi connectivity index (χ0n) is 27.0. The quantitative estimate of drug-likeness (QED) is 0.192. The van der Waals surface area contributed by atoms with Gasteiger partial charge in [-0.2, -0.15) is 0 Å². The van der Waals surface area contributed by atoms with Crippen molar-refractivity contribution in [2.75, 3.05) is 0 Å². The van der Waals surface area contributed by atoms with Gasteiger partial charge in [-0.3, -0.25) is 4.57 Å². The Hall–Kier alpha value is -6.26. The van der Waals surface area contributed by atoms with Crippen LogP contribution >= 0.6 is 0 Å². The van der Waals surface area contributed by atoms with E-state index in [9.17, 15) is 0 Å². The number of fused-ring (bicyclic) bond motifs is 12. The highest BCUT2D eigenvalue weighted by Gasteiger charge is 2.38. The van der Waals surface area contributed by atoms with E-state index in [1.165, 1.54) is 43.8 Å². The van der Waals surface area contributed by atoms with Crippen molar-refractivity contribution in [2.45, 2.75) is 19.3 Å². The Kier molecular flexibility index (Phi) is 5.15. The second-order valence-corrected chi connectivity index (χ2v) is 13.8. The van der Waals surface area contributed by atoms with E-state index in [2.05, 4.69) is 146 Å². The van der Waals surface area contributed by atoms with Gasteiger partial charge in [0, 0.05) is 27.1 Å². The summed E-state index contributed by atoms with van der Waals surface area (Å²) in [7, 11) is 0. The Balaban J connectivity index is 1.35. The van der Waals surface area contributed by atoms with Crippen molar-refractivity contribution >= 4 is 65.4 Å². The third-order valence-corrected chi connectivity index (χ3v) is 10.8. The van der Waals surface area contributed by atoms with Gasteiger partial charge in [0.15, 0.2) is 5.58 Å². The highest BCUT2D eigenvalue weighted by Crippen LogP contribution is 2.53. The fraction of sp³-hybridized carbons (Fsp3) is 0.0667. The molecule has 0 saturated carbocycles. The van der Waals surface area contributed by atoms with Crippen LogP contribution in [0, 0.1) is 0 Å². The molecule has 0 spiro atoms. The normalized spacial score (nSPS) is 13.7. The van der Waals surface area contributed by atoms with Crippen molar-refractivity contribution in [1.82, 2.24) is 14.5 Å². The smallest absolute Gasteiger partial charge is 0.236 e. The summed E-state index contributed by atoms with van der Waals surface area (Å²) >= 11 is 0. The molecule has 0 N–H and O–H groups in total. The standard InChI is InChI=1S/C45H29N3O/c1-45(2)36-20-9-7-17-30(36)31-22-23-33-35-24-27-13-3-4-14-28(27)25-37(35)48(42(33)39(31)45)44-46-40(32-19-11-15-26-12-5-6-16-29(26)32)43-41(47-44)34-18-8-10-21-38(34)49-43/h3-25H,1-2H3. The lowest BCUT2D eigenvalue weighted by molar-refractivity contribution is 0.662. The summed E-state index contributed by atoms with van der Waals surface area (Å²) in [4.78, 5) is 11.0. The fourth-order valence-electron chi connectivity index (χ4n) is 8.55. The molecule has 3 heterocycles. The maximum atomic E-state index is 6.61. The van der Waals surface area contributed by atoms with Crippen molar-refractivity contribution in [3.63, 3.8) is 0 Å². The van der Waals surface area contributed by atoms with Gasteiger partial charge >= 0.3 is 0 Å². The van der Waals surface area contributed by atoms with Crippen LogP contribution in [-0.4, -0.2) is 14.5 Å². The third-order valence-electron chi connectivity index (χ3n) is 10.8. The molecular weight excluding hydrogens is 599 g/mol. The maximum absolute atomic E-state index is 6.61. The molecule has 230 valence electrons. The summed E-state index contributed by atoms with van der Waals surface area (Å²) in [5.74, 6) is 0.637. The summed E-state index contributed by atoms with van der Waals surface area (Å²) in [6.45, 7) is 4.70. The van der Waals surface area contributed by atoms with Crippen LogP contribution < -0.4 is 0 Å². The summed E-state index contributed by atoms with van der Waals surface area (Å²) in [5.41, 5.74) is 11.3. The number of para-hydroxylation sites is 1. The average Bonchev–Trinajstić information content (AvgIpc) is 3.75. The van der Waals surface area contributed by atoms with Gasteiger partial charge in [-0.15, -0.1) is 0 Å². The minimum Gasteiger partial charge on any atom is -0.452 e. The second-order valence-electron chi connectivity index (χ2n) is 13.8. The molecule has 0 aliphatic heterocycles. The molecule has 1 aliphatic carbocycles. The maximum Gasteiger partial charge on any atom is 0.236 e. The van der Waals surface area contributed by atoms with E-state index in [1.807, 2.05) is 12.1 Å². The summed E-state index contributed by atoms with van der Waals surface area (Å²) < 4.78 is 8.94. The number of nitrogens with zero attached hydrogens (tertiary/aromatic N) is 3. The molecule has 3 aromatic heterocycles. The van der Waals surface area contributed by atoms with Crippen LogP contribution in [0.3, 0.4) is 0 Å². The average molecular weight is 628 g/mol. The Morgan fingerprint density at radius 2 is 1.24 bits per heavy atom. The first-order chi connectivity index (χ1) is 24.1. The molecule has 4 heteroatoms. The third kappa shape index (κ3) is 3.53. The van der Waals surface area contributed by atoms with Crippen LogP contribution in [0.25, 0.3) is 93.8 Å². The van der Waals surface area contributed by atoms with Crippen molar-refractivity contribution < 1.29 is 4.42 Å². The molecule has 0 bridgehead atoms. The number of hydrogen-bond acceptors (Lipinski definition) is 3. The van der Waals surface area contributed by atoms with E-state index in [0.717, 1.165) is 49.5 Å². The SMILES string of the molecule is CC1(C)c2ccccc2-c2ccc3c4cc5ccccc5cc4n(-c4nc(-c5cccc6ccccc56)c5oc6ccccc6c5n4)c3c21. The highest BCUT2D eigenvalue weighted by molar-refractivity contribution is 6.17. The van der Waals surface area contributed by atoms with Crippen LogP contribution in [0.1, 0.15) is 25.0 Å². The van der Waals surface area contributed by atoms with Crippen LogP contribution in [0.2, 0.25) is 0 Å². The van der Waals surface area contributed by atoms with Crippen LogP contribution in [0.4, 0.5) is 0 Å². The zero-order valence-corrected chi connectivity index (χ0v) is 27.0. The second kappa shape index (κ2) is 9.42. The molecule has 0 unspecified atom stereocenters. The van der Waals surface area contributed by atoms with E-state index in [4.69, 9.17) is 14.4 Å². The van der Waals surface area contributed by atoms with E-state index >= 15 is 0 Å². The molecule has 0 atom stereocenters. The summed E-state index contributed by atoms with van der Waals surface area (Å²) in [6.07, 6.45) is 0. The molecule has 0 amide bonds.